The van der Waals surface area contributed by atoms with Gasteiger partial charge in [0.2, 0.25) is 0 Å². The Morgan fingerprint density at radius 2 is 1.44 bits per heavy atom. The molecule has 0 saturated heterocycles. The number of hydrogen-bond acceptors (Lipinski definition) is 0. The van der Waals surface area contributed by atoms with Gasteiger partial charge in [-0.1, -0.05) is 69.7 Å². The molecule has 0 radical (unpaired) electrons. The summed E-state index contributed by atoms with van der Waals surface area (Å²) in [6, 6.07) is 9.08. The van der Waals surface area contributed by atoms with Crippen LogP contribution >= 0.6 is 0 Å². The molecular formula is C18H24. The van der Waals surface area contributed by atoms with Crippen LogP contribution in [0.1, 0.15) is 57.6 Å². The fourth-order valence-corrected chi connectivity index (χ4v) is 2.46. The van der Waals surface area contributed by atoms with Crippen molar-refractivity contribution in [2.24, 2.45) is 5.92 Å². The van der Waals surface area contributed by atoms with Crippen LogP contribution in [0.3, 0.4) is 0 Å². The van der Waals surface area contributed by atoms with Gasteiger partial charge in [-0.2, -0.15) is 0 Å². The molecule has 18 heavy (non-hydrogen) atoms. The zero-order valence-corrected chi connectivity index (χ0v) is 12.0. The van der Waals surface area contributed by atoms with Crippen molar-refractivity contribution < 1.29 is 0 Å². The van der Waals surface area contributed by atoms with Crippen molar-refractivity contribution in [3.63, 3.8) is 0 Å². The van der Waals surface area contributed by atoms with Crippen LogP contribution in [0, 0.1) is 5.92 Å². The van der Waals surface area contributed by atoms with Crippen LogP contribution in [0.2, 0.25) is 0 Å². The van der Waals surface area contributed by atoms with Crippen molar-refractivity contribution in [1.82, 2.24) is 0 Å². The Balaban J connectivity index is 2.18. The minimum Gasteiger partial charge on any atom is -0.0673 e. The van der Waals surface area contributed by atoms with Gasteiger partial charge in [0, 0.05) is 0 Å². The van der Waals surface area contributed by atoms with Crippen LogP contribution in [-0.2, 0) is 0 Å². The molecule has 0 saturated carbocycles. The topological polar surface area (TPSA) is 0 Å². The second kappa shape index (κ2) is 5.56. The average Bonchev–Trinajstić information content (AvgIpc) is 2.39. The fourth-order valence-electron chi connectivity index (χ4n) is 2.46. The van der Waals surface area contributed by atoms with E-state index in [0.717, 1.165) is 0 Å². The predicted molar refractivity (Wildman–Crippen MR) is 80.7 cm³/mol. The predicted octanol–water partition coefficient (Wildman–Crippen LogP) is 5.57. The zero-order valence-electron chi connectivity index (χ0n) is 12.0. The Morgan fingerprint density at radius 3 is 1.89 bits per heavy atom. The highest BCUT2D eigenvalue weighted by Crippen LogP contribution is 2.30. The number of allylic oxidation sites excluding steroid dienone is 4. The molecule has 0 nitrogen and oxygen atoms in total. The first-order valence-electron chi connectivity index (χ1n) is 7.08. The van der Waals surface area contributed by atoms with Gasteiger partial charge in [-0.05, 0) is 41.4 Å². The SMILES string of the molecule is CC(C)C1=CC=C(c2ccc(C(C)C)cc2)CC1. The van der Waals surface area contributed by atoms with E-state index in [1.165, 1.54) is 29.5 Å². The molecule has 1 aliphatic carbocycles. The first kappa shape index (κ1) is 13.1. The van der Waals surface area contributed by atoms with E-state index in [2.05, 4.69) is 64.1 Å². The third kappa shape index (κ3) is 2.93. The molecule has 0 heterocycles. The highest BCUT2D eigenvalue weighted by Gasteiger charge is 2.10. The molecule has 0 atom stereocenters. The first-order chi connectivity index (χ1) is 8.58. The highest BCUT2D eigenvalue weighted by molar-refractivity contribution is 5.69. The van der Waals surface area contributed by atoms with E-state index >= 15 is 0 Å². The van der Waals surface area contributed by atoms with Crippen LogP contribution in [-0.4, -0.2) is 0 Å². The summed E-state index contributed by atoms with van der Waals surface area (Å²) < 4.78 is 0. The number of rotatable bonds is 3. The summed E-state index contributed by atoms with van der Waals surface area (Å²) in [5, 5.41) is 0. The van der Waals surface area contributed by atoms with Crippen LogP contribution in [0.15, 0.2) is 42.0 Å². The summed E-state index contributed by atoms with van der Waals surface area (Å²) in [6.45, 7) is 9.04. The second-order valence-corrected chi connectivity index (χ2v) is 5.86. The monoisotopic (exact) mass is 240 g/mol. The summed E-state index contributed by atoms with van der Waals surface area (Å²) >= 11 is 0. The summed E-state index contributed by atoms with van der Waals surface area (Å²) in [7, 11) is 0. The van der Waals surface area contributed by atoms with Gasteiger partial charge in [-0.25, -0.2) is 0 Å². The first-order valence-corrected chi connectivity index (χ1v) is 7.08. The summed E-state index contributed by atoms with van der Waals surface area (Å²) in [6.07, 6.45) is 7.03. The third-order valence-corrected chi connectivity index (χ3v) is 3.87. The van der Waals surface area contributed by atoms with Crippen LogP contribution < -0.4 is 0 Å². The van der Waals surface area contributed by atoms with Crippen molar-refractivity contribution in [3.05, 3.63) is 53.1 Å². The number of hydrogen-bond donors (Lipinski definition) is 0. The molecule has 0 spiro atoms. The van der Waals surface area contributed by atoms with Gasteiger partial charge in [-0.3, -0.25) is 0 Å². The molecule has 96 valence electrons. The second-order valence-electron chi connectivity index (χ2n) is 5.86. The van der Waals surface area contributed by atoms with Gasteiger partial charge in [-0.15, -0.1) is 0 Å². The van der Waals surface area contributed by atoms with E-state index in [0.29, 0.717) is 11.8 Å². The van der Waals surface area contributed by atoms with E-state index in [9.17, 15) is 0 Å². The van der Waals surface area contributed by atoms with Gasteiger partial charge < -0.3 is 0 Å². The summed E-state index contributed by atoms with van der Waals surface area (Å²) in [4.78, 5) is 0. The van der Waals surface area contributed by atoms with Gasteiger partial charge in [0.1, 0.15) is 0 Å². The summed E-state index contributed by atoms with van der Waals surface area (Å²) in [5.41, 5.74) is 5.87. The van der Waals surface area contributed by atoms with Gasteiger partial charge in [0.15, 0.2) is 0 Å². The third-order valence-electron chi connectivity index (χ3n) is 3.87. The van der Waals surface area contributed by atoms with E-state index < -0.39 is 0 Å². The van der Waals surface area contributed by atoms with Crippen LogP contribution in [0.25, 0.3) is 5.57 Å². The van der Waals surface area contributed by atoms with E-state index in [1.807, 2.05) is 0 Å². The highest BCUT2D eigenvalue weighted by atomic mass is 14.2. The van der Waals surface area contributed by atoms with Gasteiger partial charge in [0.25, 0.3) is 0 Å². The lowest BCUT2D eigenvalue weighted by atomic mass is 9.88. The molecule has 0 aromatic heterocycles. The van der Waals surface area contributed by atoms with Crippen molar-refractivity contribution in [2.75, 3.05) is 0 Å². The van der Waals surface area contributed by atoms with E-state index in [-0.39, 0.29) is 0 Å². The number of benzene rings is 1. The smallest absolute Gasteiger partial charge is 0.0219 e. The molecular weight excluding hydrogens is 216 g/mol. The van der Waals surface area contributed by atoms with E-state index in [4.69, 9.17) is 0 Å². The van der Waals surface area contributed by atoms with Crippen LogP contribution in [0.5, 0.6) is 0 Å². The van der Waals surface area contributed by atoms with Crippen molar-refractivity contribution >= 4 is 5.57 Å². The molecule has 0 N–H and O–H groups in total. The normalized spacial score (nSPS) is 15.9. The lowest BCUT2D eigenvalue weighted by Crippen LogP contribution is -1.99. The minimum atomic E-state index is 0.617. The van der Waals surface area contributed by atoms with Crippen molar-refractivity contribution in [3.8, 4) is 0 Å². The largest absolute Gasteiger partial charge is 0.0673 e. The molecule has 0 fully saturated rings. The Bertz CT molecular complexity index is 455. The Kier molecular flexibility index (Phi) is 4.06. The zero-order chi connectivity index (χ0) is 13.1. The molecule has 0 aliphatic heterocycles. The standard InChI is InChI=1S/C18H24/c1-13(2)15-5-9-17(10-6-15)18-11-7-16(8-12-18)14(3)4/h5-7,9-11,13-14H,8,12H2,1-4H3. The Morgan fingerprint density at radius 1 is 0.778 bits per heavy atom. The van der Waals surface area contributed by atoms with E-state index in [1.54, 1.807) is 5.57 Å². The summed E-state index contributed by atoms with van der Waals surface area (Å²) in [5.74, 6) is 1.30. The maximum atomic E-state index is 2.32. The van der Waals surface area contributed by atoms with Gasteiger partial charge >= 0.3 is 0 Å². The van der Waals surface area contributed by atoms with Gasteiger partial charge in [0.05, 0.1) is 0 Å². The Labute approximate surface area is 111 Å². The molecule has 2 rings (SSSR count). The molecule has 1 aromatic rings. The minimum absolute atomic E-state index is 0.617. The molecule has 0 heteroatoms. The average molecular weight is 240 g/mol. The van der Waals surface area contributed by atoms with Crippen LogP contribution in [0.4, 0.5) is 0 Å². The maximum absolute atomic E-state index is 2.32. The maximum Gasteiger partial charge on any atom is -0.0219 e. The Hall–Kier alpha value is -1.30. The lowest BCUT2D eigenvalue weighted by Gasteiger charge is -2.18. The van der Waals surface area contributed by atoms with Crippen molar-refractivity contribution in [1.29, 1.82) is 0 Å². The molecule has 0 amide bonds. The molecule has 1 aromatic carbocycles. The molecule has 1 aliphatic rings. The van der Waals surface area contributed by atoms with Crippen molar-refractivity contribution in [2.45, 2.75) is 46.5 Å². The molecule has 0 bridgehead atoms. The quantitative estimate of drug-likeness (QED) is 0.648. The molecule has 0 unspecified atom stereocenters. The lowest BCUT2D eigenvalue weighted by molar-refractivity contribution is 0.713. The fraction of sp³-hybridized carbons (Fsp3) is 0.444.